The van der Waals surface area contributed by atoms with E-state index in [1.165, 1.54) is 4.31 Å². The van der Waals surface area contributed by atoms with Gasteiger partial charge in [-0.05, 0) is 49.2 Å². The summed E-state index contributed by atoms with van der Waals surface area (Å²) >= 11 is 4.39. The van der Waals surface area contributed by atoms with Gasteiger partial charge in [-0.1, -0.05) is 22.0 Å². The van der Waals surface area contributed by atoms with Crippen molar-refractivity contribution in [3.05, 3.63) is 46.9 Å². The second-order valence-corrected chi connectivity index (χ2v) is 10.3. The number of amides is 1. The van der Waals surface area contributed by atoms with Crippen molar-refractivity contribution < 1.29 is 13.2 Å². The minimum absolute atomic E-state index is 0.00942. The van der Waals surface area contributed by atoms with E-state index in [0.29, 0.717) is 37.0 Å². The third-order valence-corrected chi connectivity index (χ3v) is 8.22. The Morgan fingerprint density at radius 2 is 1.83 bits per heavy atom. The lowest BCUT2D eigenvalue weighted by molar-refractivity contribution is -0.123. The Kier molecular flexibility index (Phi) is 5.69. The number of hydrogen-bond donors (Lipinski definition) is 0. The highest BCUT2D eigenvalue weighted by molar-refractivity contribution is 9.10. The van der Waals surface area contributed by atoms with E-state index in [0.717, 1.165) is 21.9 Å². The predicted octanol–water partition coefficient (Wildman–Crippen LogP) is 3.52. The largest absolute Gasteiger partial charge is 0.315 e. The fourth-order valence-electron chi connectivity index (χ4n) is 3.54. The second-order valence-electron chi connectivity index (χ2n) is 6.94. The van der Waals surface area contributed by atoms with Crippen LogP contribution in [0.4, 0.5) is 5.69 Å². The Balaban J connectivity index is 1.47. The first-order valence-corrected chi connectivity index (χ1v) is 12.1. The number of benzene rings is 2. The number of sulfonamides is 1. The molecule has 1 fully saturated rings. The molecule has 2 aromatic carbocycles. The zero-order valence-electron chi connectivity index (χ0n) is 15.7. The number of anilines is 1. The van der Waals surface area contributed by atoms with Crippen molar-refractivity contribution in [1.82, 2.24) is 13.1 Å². The molecule has 0 radical (unpaired) electrons. The summed E-state index contributed by atoms with van der Waals surface area (Å²) in [6.07, 6.45) is 0.981. The van der Waals surface area contributed by atoms with Crippen molar-refractivity contribution >= 4 is 60.3 Å². The molecular formula is C19H19BrN4O3S2. The van der Waals surface area contributed by atoms with Crippen LogP contribution in [-0.4, -0.2) is 47.5 Å². The summed E-state index contributed by atoms with van der Waals surface area (Å²) in [5, 5.41) is 0. The molecule has 10 heteroatoms. The van der Waals surface area contributed by atoms with E-state index >= 15 is 0 Å². The number of rotatable bonds is 4. The summed E-state index contributed by atoms with van der Waals surface area (Å²) < 4.78 is 36.9. The van der Waals surface area contributed by atoms with Gasteiger partial charge in [-0.15, -0.1) is 0 Å². The topological polar surface area (TPSA) is 83.5 Å². The van der Waals surface area contributed by atoms with Crippen molar-refractivity contribution in [3.8, 4) is 0 Å². The van der Waals surface area contributed by atoms with Crippen LogP contribution in [0.15, 0.2) is 51.8 Å². The van der Waals surface area contributed by atoms with Crippen LogP contribution in [0, 0.1) is 5.92 Å². The van der Waals surface area contributed by atoms with Crippen LogP contribution < -0.4 is 4.90 Å². The molecule has 2 heterocycles. The summed E-state index contributed by atoms with van der Waals surface area (Å²) in [6, 6.07) is 12.5. The van der Waals surface area contributed by atoms with Crippen molar-refractivity contribution in [1.29, 1.82) is 0 Å². The van der Waals surface area contributed by atoms with Crippen molar-refractivity contribution in [2.45, 2.75) is 17.7 Å². The van der Waals surface area contributed by atoms with Gasteiger partial charge in [0.05, 0.1) is 11.7 Å². The molecule has 0 spiro atoms. The van der Waals surface area contributed by atoms with Gasteiger partial charge in [-0.2, -0.15) is 13.1 Å². The normalized spacial score (nSPS) is 16.2. The van der Waals surface area contributed by atoms with Gasteiger partial charge in [0.2, 0.25) is 15.9 Å². The maximum Gasteiger partial charge on any atom is 0.245 e. The summed E-state index contributed by atoms with van der Waals surface area (Å²) in [6.45, 7) is 0.613. The van der Waals surface area contributed by atoms with Gasteiger partial charge in [-0.25, -0.2) is 8.42 Å². The highest BCUT2D eigenvalue weighted by Crippen LogP contribution is 2.29. The quantitative estimate of drug-likeness (QED) is 0.553. The molecule has 1 saturated heterocycles. The van der Waals surface area contributed by atoms with Crippen LogP contribution in [0.1, 0.15) is 12.8 Å². The number of carbonyl (C=O) groups is 1. The maximum atomic E-state index is 13.1. The van der Waals surface area contributed by atoms with E-state index in [-0.39, 0.29) is 16.7 Å². The first-order valence-electron chi connectivity index (χ1n) is 9.12. The predicted molar refractivity (Wildman–Crippen MR) is 116 cm³/mol. The molecule has 29 heavy (non-hydrogen) atoms. The first kappa shape index (κ1) is 20.4. The minimum atomic E-state index is -3.68. The molecule has 0 unspecified atom stereocenters. The van der Waals surface area contributed by atoms with E-state index in [1.807, 2.05) is 24.3 Å². The molecule has 3 aromatic rings. The summed E-state index contributed by atoms with van der Waals surface area (Å²) in [5.41, 5.74) is 1.80. The molecule has 1 aromatic heterocycles. The van der Waals surface area contributed by atoms with Crippen LogP contribution in [0.3, 0.4) is 0 Å². The molecule has 0 N–H and O–H groups in total. The summed E-state index contributed by atoms with van der Waals surface area (Å²) in [5.74, 6) is -0.193. The number of carbonyl (C=O) groups excluding carboxylic acids is 1. The third kappa shape index (κ3) is 3.94. The van der Waals surface area contributed by atoms with Gasteiger partial charge >= 0.3 is 0 Å². The zero-order chi connectivity index (χ0) is 20.6. The average Bonchev–Trinajstić information content (AvgIpc) is 3.22. The highest BCUT2D eigenvalue weighted by Gasteiger charge is 2.34. The van der Waals surface area contributed by atoms with Gasteiger partial charge < -0.3 is 4.90 Å². The molecular weight excluding hydrogens is 476 g/mol. The number of piperidine rings is 1. The zero-order valence-corrected chi connectivity index (χ0v) is 18.9. The Morgan fingerprint density at radius 3 is 2.52 bits per heavy atom. The molecule has 7 nitrogen and oxygen atoms in total. The molecule has 1 aliphatic rings. The molecule has 4 rings (SSSR count). The Morgan fingerprint density at radius 1 is 1.14 bits per heavy atom. The smallest absolute Gasteiger partial charge is 0.245 e. The van der Waals surface area contributed by atoms with Gasteiger partial charge in [0.1, 0.15) is 15.9 Å². The van der Waals surface area contributed by atoms with E-state index in [9.17, 15) is 13.2 Å². The lowest BCUT2D eigenvalue weighted by Gasteiger charge is -2.32. The Bertz CT molecular complexity index is 1140. The van der Waals surface area contributed by atoms with Crippen LogP contribution in [-0.2, 0) is 14.8 Å². The number of aromatic nitrogens is 2. The van der Waals surface area contributed by atoms with Gasteiger partial charge in [0.15, 0.2) is 0 Å². The number of hydrogen-bond acceptors (Lipinski definition) is 6. The second kappa shape index (κ2) is 8.10. The minimum Gasteiger partial charge on any atom is -0.315 e. The monoisotopic (exact) mass is 494 g/mol. The molecule has 0 aliphatic carbocycles. The van der Waals surface area contributed by atoms with Gasteiger partial charge in [-0.3, -0.25) is 4.79 Å². The molecule has 1 aliphatic heterocycles. The molecule has 0 saturated carbocycles. The van der Waals surface area contributed by atoms with Crippen LogP contribution in [0.5, 0.6) is 0 Å². The number of fused-ring (bicyclic) bond motifs is 1. The SMILES string of the molecule is CN(C(=O)C1CCN(S(=O)(=O)c2cccc3nsnc23)CC1)c1ccc(Br)cc1. The first-order chi connectivity index (χ1) is 13.9. The third-order valence-electron chi connectivity index (χ3n) is 5.21. The fraction of sp³-hybridized carbons (Fsp3) is 0.316. The summed E-state index contributed by atoms with van der Waals surface area (Å²) in [4.78, 5) is 14.7. The maximum absolute atomic E-state index is 13.1. The number of nitrogens with zero attached hydrogens (tertiary/aromatic N) is 4. The van der Waals surface area contributed by atoms with E-state index < -0.39 is 10.0 Å². The molecule has 0 atom stereocenters. The van der Waals surface area contributed by atoms with Crippen LogP contribution in [0.2, 0.25) is 0 Å². The van der Waals surface area contributed by atoms with E-state index in [4.69, 9.17) is 0 Å². The van der Waals surface area contributed by atoms with Crippen molar-refractivity contribution in [2.24, 2.45) is 5.92 Å². The standard InChI is InChI=1S/C19H19BrN4O3S2/c1-23(15-7-5-14(20)6-8-15)19(25)13-9-11-24(12-10-13)29(26,27)17-4-2-3-16-18(17)22-28-21-16/h2-8,13H,9-12H2,1H3. The van der Waals surface area contributed by atoms with E-state index in [2.05, 4.69) is 24.7 Å². The van der Waals surface area contributed by atoms with Crippen molar-refractivity contribution in [2.75, 3.05) is 25.0 Å². The van der Waals surface area contributed by atoms with Crippen LogP contribution >= 0.6 is 27.7 Å². The Hall–Kier alpha value is -1.88. The van der Waals surface area contributed by atoms with Gasteiger partial charge in [0, 0.05) is 36.2 Å². The van der Waals surface area contributed by atoms with E-state index in [1.54, 1.807) is 30.1 Å². The molecule has 1 amide bonds. The van der Waals surface area contributed by atoms with Crippen molar-refractivity contribution in [3.63, 3.8) is 0 Å². The average molecular weight is 495 g/mol. The Labute approximate surface area is 181 Å². The lowest BCUT2D eigenvalue weighted by Crippen LogP contribution is -2.43. The molecule has 152 valence electrons. The lowest BCUT2D eigenvalue weighted by atomic mass is 9.96. The molecule has 0 bridgehead atoms. The summed E-state index contributed by atoms with van der Waals surface area (Å²) in [7, 11) is -1.92. The number of halogens is 1. The fourth-order valence-corrected chi connectivity index (χ4v) is 6.02. The van der Waals surface area contributed by atoms with Crippen LogP contribution in [0.25, 0.3) is 11.0 Å². The highest BCUT2D eigenvalue weighted by atomic mass is 79.9. The van der Waals surface area contributed by atoms with Gasteiger partial charge in [0.25, 0.3) is 0 Å².